The zero-order valence-electron chi connectivity index (χ0n) is 21.1. The standard InChI is InChI=1S/C28H34N4O4/c1-19(2)8-7-13-29-22-16-23-24(31-27(33)21-12-15-36-18-21)25(28(34)35-3)32(26(23)30-17-22)14-11-20-9-5-4-6-10-20/h4-10,16-17,19,21,29H,11-15,18H2,1-3H3,(H,31,33)/b8-7+/t21-/m1/s1. The monoisotopic (exact) mass is 490 g/mol. The van der Waals surface area contributed by atoms with E-state index in [1.807, 2.05) is 41.0 Å². The predicted molar refractivity (Wildman–Crippen MR) is 141 cm³/mol. The number of rotatable bonds is 10. The van der Waals surface area contributed by atoms with Crippen LogP contribution in [0.25, 0.3) is 11.0 Å². The van der Waals surface area contributed by atoms with Gasteiger partial charge in [0.25, 0.3) is 0 Å². The molecular weight excluding hydrogens is 456 g/mol. The molecule has 0 radical (unpaired) electrons. The normalized spacial score (nSPS) is 15.6. The summed E-state index contributed by atoms with van der Waals surface area (Å²) in [6, 6.07) is 12.0. The van der Waals surface area contributed by atoms with E-state index in [4.69, 9.17) is 14.5 Å². The van der Waals surface area contributed by atoms with Crippen molar-refractivity contribution in [2.75, 3.05) is 37.5 Å². The van der Waals surface area contributed by atoms with E-state index in [0.29, 0.717) is 67.5 Å². The van der Waals surface area contributed by atoms with Crippen molar-refractivity contribution >= 4 is 34.3 Å². The number of anilines is 2. The van der Waals surface area contributed by atoms with Gasteiger partial charge in [0.15, 0.2) is 5.69 Å². The fraction of sp³-hybridized carbons (Fsp3) is 0.393. The van der Waals surface area contributed by atoms with E-state index < -0.39 is 5.97 Å². The van der Waals surface area contributed by atoms with Crippen LogP contribution in [0, 0.1) is 11.8 Å². The van der Waals surface area contributed by atoms with Crippen LogP contribution in [0.15, 0.2) is 54.7 Å². The number of hydrogen-bond acceptors (Lipinski definition) is 6. The first-order valence-electron chi connectivity index (χ1n) is 12.4. The van der Waals surface area contributed by atoms with Crippen LogP contribution in [0.4, 0.5) is 11.4 Å². The van der Waals surface area contributed by atoms with E-state index in [9.17, 15) is 9.59 Å². The number of carbonyl (C=O) groups is 2. The summed E-state index contributed by atoms with van der Waals surface area (Å²) in [5.41, 5.74) is 3.27. The Morgan fingerprint density at radius 2 is 2.08 bits per heavy atom. The van der Waals surface area contributed by atoms with E-state index in [2.05, 4.69) is 36.6 Å². The van der Waals surface area contributed by atoms with Gasteiger partial charge >= 0.3 is 5.97 Å². The van der Waals surface area contributed by atoms with E-state index in [1.165, 1.54) is 7.11 Å². The van der Waals surface area contributed by atoms with Crippen LogP contribution in [-0.4, -0.2) is 48.3 Å². The number of allylic oxidation sites excluding steroid dienone is 1. The molecule has 0 unspecified atom stereocenters. The van der Waals surface area contributed by atoms with Crippen LogP contribution in [-0.2, 0) is 27.2 Å². The molecule has 3 heterocycles. The molecule has 1 atom stereocenters. The molecule has 1 aromatic carbocycles. The van der Waals surface area contributed by atoms with Crippen molar-refractivity contribution in [2.45, 2.75) is 33.2 Å². The quantitative estimate of drug-likeness (QED) is 0.317. The summed E-state index contributed by atoms with van der Waals surface area (Å²) < 4.78 is 12.4. The van der Waals surface area contributed by atoms with E-state index in [-0.39, 0.29) is 11.8 Å². The topological polar surface area (TPSA) is 94.5 Å². The number of pyridine rings is 1. The van der Waals surface area contributed by atoms with Gasteiger partial charge in [0.1, 0.15) is 5.65 Å². The minimum Gasteiger partial charge on any atom is -0.464 e. The second-order valence-corrected chi connectivity index (χ2v) is 9.30. The highest BCUT2D eigenvalue weighted by molar-refractivity contribution is 6.11. The van der Waals surface area contributed by atoms with Gasteiger partial charge in [-0.25, -0.2) is 9.78 Å². The van der Waals surface area contributed by atoms with Gasteiger partial charge in [-0.1, -0.05) is 56.3 Å². The third kappa shape index (κ3) is 5.94. The lowest BCUT2D eigenvalue weighted by atomic mass is 10.1. The Morgan fingerprint density at radius 3 is 2.78 bits per heavy atom. The van der Waals surface area contributed by atoms with Crippen molar-refractivity contribution in [1.29, 1.82) is 0 Å². The molecule has 2 N–H and O–H groups in total. The fourth-order valence-corrected chi connectivity index (χ4v) is 4.34. The molecule has 8 nitrogen and oxygen atoms in total. The first-order chi connectivity index (χ1) is 17.5. The molecule has 1 aliphatic rings. The number of methoxy groups -OCH3 is 1. The largest absolute Gasteiger partial charge is 0.464 e. The first kappa shape index (κ1) is 25.4. The number of ether oxygens (including phenoxy) is 2. The Bertz CT molecular complexity index is 1230. The number of fused-ring (bicyclic) bond motifs is 1. The molecule has 1 saturated heterocycles. The minimum atomic E-state index is -0.520. The van der Waals surface area contributed by atoms with Gasteiger partial charge in [-0.15, -0.1) is 0 Å². The number of aromatic nitrogens is 2. The number of amides is 1. The van der Waals surface area contributed by atoms with Crippen molar-refractivity contribution in [1.82, 2.24) is 9.55 Å². The predicted octanol–water partition coefficient (Wildman–Crippen LogP) is 4.66. The van der Waals surface area contributed by atoms with Crippen molar-refractivity contribution < 1.29 is 19.1 Å². The van der Waals surface area contributed by atoms with Gasteiger partial charge in [0.05, 0.1) is 37.2 Å². The van der Waals surface area contributed by atoms with Gasteiger partial charge in [-0.2, -0.15) is 0 Å². The lowest BCUT2D eigenvalue weighted by Crippen LogP contribution is -2.24. The van der Waals surface area contributed by atoms with E-state index in [1.54, 1.807) is 6.20 Å². The van der Waals surface area contributed by atoms with Gasteiger partial charge in [-0.05, 0) is 30.4 Å². The third-order valence-electron chi connectivity index (χ3n) is 6.24. The van der Waals surface area contributed by atoms with Gasteiger partial charge in [0, 0.05) is 25.1 Å². The highest BCUT2D eigenvalue weighted by Crippen LogP contribution is 2.33. The maximum absolute atomic E-state index is 13.1. The van der Waals surface area contributed by atoms with E-state index >= 15 is 0 Å². The average molecular weight is 491 g/mol. The number of esters is 1. The molecule has 0 bridgehead atoms. The molecule has 8 heteroatoms. The Morgan fingerprint density at radius 1 is 1.28 bits per heavy atom. The lowest BCUT2D eigenvalue weighted by molar-refractivity contribution is -0.119. The van der Waals surface area contributed by atoms with Crippen LogP contribution in [0.2, 0.25) is 0 Å². The second kappa shape index (κ2) is 11.9. The SMILES string of the molecule is COC(=O)c1c(NC(=O)[C@@H]2CCOC2)c2cc(NC/C=C/C(C)C)cnc2n1CCc1ccccc1. The van der Waals surface area contributed by atoms with Crippen molar-refractivity contribution in [2.24, 2.45) is 11.8 Å². The number of aryl methyl sites for hydroxylation is 2. The number of nitrogens with zero attached hydrogens (tertiary/aromatic N) is 2. The minimum absolute atomic E-state index is 0.169. The summed E-state index contributed by atoms with van der Waals surface area (Å²) in [6.07, 6.45) is 7.30. The molecular formula is C28H34N4O4. The zero-order chi connectivity index (χ0) is 25.5. The molecule has 1 fully saturated rings. The Labute approximate surface area is 211 Å². The molecule has 1 amide bonds. The number of carbonyl (C=O) groups excluding carboxylic acids is 2. The molecule has 3 aromatic rings. The fourth-order valence-electron chi connectivity index (χ4n) is 4.34. The third-order valence-corrected chi connectivity index (χ3v) is 6.24. The summed E-state index contributed by atoms with van der Waals surface area (Å²) in [6.45, 7) is 6.33. The Kier molecular flexibility index (Phi) is 8.38. The highest BCUT2D eigenvalue weighted by Gasteiger charge is 2.29. The molecule has 190 valence electrons. The summed E-state index contributed by atoms with van der Waals surface area (Å²) in [7, 11) is 1.35. The number of nitrogens with one attached hydrogen (secondary N) is 2. The van der Waals surface area contributed by atoms with Crippen LogP contribution < -0.4 is 10.6 Å². The zero-order valence-corrected chi connectivity index (χ0v) is 21.1. The van der Waals surface area contributed by atoms with Gasteiger partial charge in [0.2, 0.25) is 5.91 Å². The van der Waals surface area contributed by atoms with E-state index in [0.717, 1.165) is 11.3 Å². The second-order valence-electron chi connectivity index (χ2n) is 9.30. The lowest BCUT2D eigenvalue weighted by Gasteiger charge is -2.12. The molecule has 36 heavy (non-hydrogen) atoms. The number of benzene rings is 1. The number of hydrogen-bond donors (Lipinski definition) is 2. The van der Waals surface area contributed by atoms with Crippen molar-refractivity contribution in [3.05, 3.63) is 66.0 Å². The summed E-state index contributed by atoms with van der Waals surface area (Å²) in [5.74, 6) is -0.477. The van der Waals surface area contributed by atoms with Crippen LogP contribution in [0.3, 0.4) is 0 Å². The van der Waals surface area contributed by atoms with Crippen LogP contribution in [0.5, 0.6) is 0 Å². The van der Waals surface area contributed by atoms with Crippen LogP contribution >= 0.6 is 0 Å². The molecule has 0 saturated carbocycles. The summed E-state index contributed by atoms with van der Waals surface area (Å²) in [4.78, 5) is 30.8. The van der Waals surface area contributed by atoms with Crippen molar-refractivity contribution in [3.8, 4) is 0 Å². The first-order valence-corrected chi connectivity index (χ1v) is 12.4. The summed E-state index contributed by atoms with van der Waals surface area (Å²) >= 11 is 0. The average Bonchev–Trinajstić information content (AvgIpc) is 3.52. The molecule has 4 rings (SSSR count). The molecule has 1 aliphatic heterocycles. The molecule has 0 spiro atoms. The van der Waals surface area contributed by atoms with Crippen LogP contribution in [0.1, 0.15) is 36.3 Å². The maximum atomic E-state index is 13.1. The smallest absolute Gasteiger partial charge is 0.356 e. The molecule has 2 aromatic heterocycles. The maximum Gasteiger partial charge on any atom is 0.356 e. The summed E-state index contributed by atoms with van der Waals surface area (Å²) in [5, 5.41) is 7.05. The van der Waals surface area contributed by atoms with Gasteiger partial charge in [-0.3, -0.25) is 4.79 Å². The Hall–Kier alpha value is -3.65. The van der Waals surface area contributed by atoms with Crippen molar-refractivity contribution in [3.63, 3.8) is 0 Å². The highest BCUT2D eigenvalue weighted by atomic mass is 16.5. The van der Waals surface area contributed by atoms with Gasteiger partial charge < -0.3 is 24.7 Å². The molecule has 0 aliphatic carbocycles. The Balaban J connectivity index is 1.74.